The summed E-state index contributed by atoms with van der Waals surface area (Å²) in [6, 6.07) is 1.17. The zero-order valence-electron chi connectivity index (χ0n) is 12.1. The number of nitrogens with one attached hydrogen (secondary N) is 1. The second-order valence-corrected chi connectivity index (χ2v) is 7.30. The van der Waals surface area contributed by atoms with Crippen molar-refractivity contribution in [3.8, 4) is 0 Å². The second-order valence-electron chi connectivity index (χ2n) is 5.32. The number of nitrogens with zero attached hydrogens (tertiary/aromatic N) is 1. The number of amides is 1. The highest BCUT2D eigenvalue weighted by Crippen LogP contribution is 2.18. The molecule has 1 fully saturated rings. The van der Waals surface area contributed by atoms with E-state index >= 15 is 0 Å². The Morgan fingerprint density at radius 1 is 1.41 bits per heavy atom. The molecule has 1 aliphatic rings. The Bertz CT molecular complexity index is 658. The first-order valence-electron chi connectivity index (χ1n) is 6.82. The highest BCUT2D eigenvalue weighted by atomic mass is 32.2. The fraction of sp³-hybridized carbons (Fsp3) is 0.538. The second kappa shape index (κ2) is 6.49. The third kappa shape index (κ3) is 4.08. The summed E-state index contributed by atoms with van der Waals surface area (Å²) in [5.41, 5.74) is -0.0772. The van der Waals surface area contributed by atoms with Crippen LogP contribution in [0, 0.1) is 5.92 Å². The first-order valence-corrected chi connectivity index (χ1v) is 8.67. The molecule has 22 heavy (non-hydrogen) atoms. The van der Waals surface area contributed by atoms with Crippen LogP contribution >= 0.6 is 0 Å². The molecule has 0 atom stereocenters. The van der Waals surface area contributed by atoms with Crippen LogP contribution in [0.1, 0.15) is 33.8 Å². The fourth-order valence-corrected chi connectivity index (χ4v) is 3.21. The van der Waals surface area contributed by atoms with Gasteiger partial charge in [-0.25, -0.2) is 17.5 Å². The average Bonchev–Trinajstić information content (AvgIpc) is 2.94. The zero-order chi connectivity index (χ0) is 16.3. The normalized spacial score (nSPS) is 17.3. The van der Waals surface area contributed by atoms with Gasteiger partial charge in [0.1, 0.15) is 6.26 Å². The van der Waals surface area contributed by atoms with E-state index in [-0.39, 0.29) is 17.2 Å². The Labute approximate surface area is 128 Å². The minimum Gasteiger partial charge on any atom is -0.478 e. The predicted octanol–water partition coefficient (Wildman–Crippen LogP) is 0.379. The van der Waals surface area contributed by atoms with Crippen LogP contribution in [-0.4, -0.2) is 55.6 Å². The molecule has 122 valence electrons. The summed E-state index contributed by atoms with van der Waals surface area (Å²) in [7, 11) is -3.15. The van der Waals surface area contributed by atoms with Gasteiger partial charge < -0.3 is 14.8 Å². The summed E-state index contributed by atoms with van der Waals surface area (Å²) in [6.45, 7) is 1.30. The van der Waals surface area contributed by atoms with Crippen molar-refractivity contribution in [1.29, 1.82) is 0 Å². The number of carbonyl (C=O) groups excluding carboxylic acids is 1. The number of piperidine rings is 1. The molecule has 0 unspecified atom stereocenters. The molecule has 1 amide bonds. The van der Waals surface area contributed by atoms with E-state index in [1.165, 1.54) is 16.6 Å². The van der Waals surface area contributed by atoms with Crippen molar-refractivity contribution < 1.29 is 27.5 Å². The smallest absolute Gasteiger partial charge is 0.338 e. The van der Waals surface area contributed by atoms with Gasteiger partial charge in [-0.15, -0.1) is 0 Å². The topological polar surface area (TPSA) is 117 Å². The Kier molecular flexibility index (Phi) is 4.87. The first-order chi connectivity index (χ1) is 10.3. The summed E-state index contributed by atoms with van der Waals surface area (Å²) in [5.74, 6) is -1.49. The Hall–Kier alpha value is -1.87. The van der Waals surface area contributed by atoms with Crippen LogP contribution < -0.4 is 5.32 Å². The van der Waals surface area contributed by atoms with Crippen molar-refractivity contribution in [2.24, 2.45) is 5.92 Å². The lowest BCUT2D eigenvalue weighted by Gasteiger charge is -2.30. The molecule has 0 bridgehead atoms. The van der Waals surface area contributed by atoms with E-state index in [0.29, 0.717) is 32.5 Å². The molecular formula is C13H18N2O6S. The lowest BCUT2D eigenvalue weighted by atomic mass is 9.98. The summed E-state index contributed by atoms with van der Waals surface area (Å²) in [4.78, 5) is 22.6. The van der Waals surface area contributed by atoms with Crippen molar-refractivity contribution >= 4 is 21.9 Å². The number of hydrogen-bond acceptors (Lipinski definition) is 5. The number of rotatable bonds is 5. The molecular weight excluding hydrogens is 312 g/mol. The Balaban J connectivity index is 1.81. The number of sulfonamides is 1. The number of hydrogen-bond donors (Lipinski definition) is 2. The van der Waals surface area contributed by atoms with Crippen molar-refractivity contribution in [2.45, 2.75) is 12.8 Å². The molecule has 1 aromatic heterocycles. The van der Waals surface area contributed by atoms with Crippen LogP contribution in [0.4, 0.5) is 0 Å². The van der Waals surface area contributed by atoms with Gasteiger partial charge in [0.05, 0.1) is 11.8 Å². The van der Waals surface area contributed by atoms with Crippen molar-refractivity contribution in [3.05, 3.63) is 23.7 Å². The van der Waals surface area contributed by atoms with E-state index in [9.17, 15) is 18.0 Å². The Morgan fingerprint density at radius 3 is 2.55 bits per heavy atom. The van der Waals surface area contributed by atoms with Gasteiger partial charge >= 0.3 is 5.97 Å². The summed E-state index contributed by atoms with van der Waals surface area (Å²) in [6.07, 6.45) is 3.55. The highest BCUT2D eigenvalue weighted by molar-refractivity contribution is 7.88. The van der Waals surface area contributed by atoms with E-state index in [4.69, 9.17) is 9.52 Å². The SMILES string of the molecule is CS(=O)(=O)N1CCC(CNC(=O)c2cc(C(=O)O)co2)CC1. The predicted molar refractivity (Wildman–Crippen MR) is 77.1 cm³/mol. The maximum absolute atomic E-state index is 11.8. The van der Waals surface area contributed by atoms with E-state index in [0.717, 1.165) is 6.26 Å². The molecule has 0 spiro atoms. The number of furan rings is 1. The molecule has 9 heteroatoms. The zero-order valence-corrected chi connectivity index (χ0v) is 12.9. The summed E-state index contributed by atoms with van der Waals surface area (Å²) >= 11 is 0. The van der Waals surface area contributed by atoms with Gasteiger partial charge in [-0.3, -0.25) is 4.79 Å². The summed E-state index contributed by atoms with van der Waals surface area (Å²) in [5, 5.41) is 11.4. The maximum atomic E-state index is 11.8. The highest BCUT2D eigenvalue weighted by Gasteiger charge is 2.25. The minimum absolute atomic E-state index is 0.0500. The molecule has 2 N–H and O–H groups in total. The molecule has 1 aromatic rings. The molecule has 2 heterocycles. The lowest BCUT2D eigenvalue weighted by molar-refractivity contribution is 0.0695. The Morgan fingerprint density at radius 2 is 2.05 bits per heavy atom. The molecule has 8 nitrogen and oxygen atoms in total. The quantitative estimate of drug-likeness (QED) is 0.806. The average molecular weight is 330 g/mol. The maximum Gasteiger partial charge on any atom is 0.338 e. The third-order valence-electron chi connectivity index (χ3n) is 3.66. The van der Waals surface area contributed by atoms with Gasteiger partial charge in [-0.05, 0) is 18.8 Å². The van der Waals surface area contributed by atoms with E-state index in [1.54, 1.807) is 0 Å². The number of carboxylic acid groups (broad SMARTS) is 1. The number of aromatic carboxylic acids is 1. The molecule has 0 saturated carbocycles. The van der Waals surface area contributed by atoms with Crippen LogP contribution in [-0.2, 0) is 10.0 Å². The van der Waals surface area contributed by atoms with E-state index in [1.807, 2.05) is 0 Å². The van der Waals surface area contributed by atoms with Crippen LogP contribution in [0.25, 0.3) is 0 Å². The standard InChI is InChI=1S/C13H18N2O6S/c1-22(19,20)15-4-2-9(3-5-15)7-14-12(16)11-6-10(8-21-11)13(17)18/h6,8-9H,2-5,7H2,1H3,(H,14,16)(H,17,18). The van der Waals surface area contributed by atoms with Crippen LogP contribution in [0.2, 0.25) is 0 Å². The molecule has 0 aliphatic carbocycles. The molecule has 1 aliphatic heterocycles. The molecule has 2 rings (SSSR count). The van der Waals surface area contributed by atoms with E-state index < -0.39 is 21.9 Å². The number of carboxylic acids is 1. The van der Waals surface area contributed by atoms with Crippen molar-refractivity contribution in [2.75, 3.05) is 25.9 Å². The van der Waals surface area contributed by atoms with Gasteiger partial charge in [-0.2, -0.15) is 0 Å². The third-order valence-corrected chi connectivity index (χ3v) is 4.97. The summed E-state index contributed by atoms with van der Waals surface area (Å²) < 4.78 is 29.1. The monoisotopic (exact) mass is 330 g/mol. The first kappa shape index (κ1) is 16.5. The van der Waals surface area contributed by atoms with Crippen molar-refractivity contribution in [3.63, 3.8) is 0 Å². The molecule has 1 saturated heterocycles. The van der Waals surface area contributed by atoms with Crippen molar-refractivity contribution in [1.82, 2.24) is 9.62 Å². The molecule has 0 radical (unpaired) electrons. The lowest BCUT2D eigenvalue weighted by Crippen LogP contribution is -2.41. The van der Waals surface area contributed by atoms with Gasteiger partial charge in [0, 0.05) is 25.7 Å². The largest absolute Gasteiger partial charge is 0.478 e. The van der Waals surface area contributed by atoms with Crippen LogP contribution in [0.15, 0.2) is 16.7 Å². The van der Waals surface area contributed by atoms with Gasteiger partial charge in [0.25, 0.3) is 5.91 Å². The van der Waals surface area contributed by atoms with Gasteiger partial charge in [0.15, 0.2) is 5.76 Å². The van der Waals surface area contributed by atoms with Gasteiger partial charge in [-0.1, -0.05) is 0 Å². The molecule has 0 aromatic carbocycles. The fourth-order valence-electron chi connectivity index (χ4n) is 2.34. The van der Waals surface area contributed by atoms with Crippen LogP contribution in [0.5, 0.6) is 0 Å². The number of carbonyl (C=O) groups is 2. The van der Waals surface area contributed by atoms with Crippen LogP contribution in [0.3, 0.4) is 0 Å². The van der Waals surface area contributed by atoms with E-state index in [2.05, 4.69) is 5.32 Å². The van der Waals surface area contributed by atoms with Gasteiger partial charge in [0.2, 0.25) is 10.0 Å². The minimum atomic E-state index is -3.15.